The van der Waals surface area contributed by atoms with Crippen LogP contribution in [-0.2, 0) is 16.1 Å². The van der Waals surface area contributed by atoms with Gasteiger partial charge in [0, 0.05) is 12.6 Å². The van der Waals surface area contributed by atoms with Gasteiger partial charge in [-0.1, -0.05) is 73.3 Å². The zero-order valence-corrected chi connectivity index (χ0v) is 18.1. The summed E-state index contributed by atoms with van der Waals surface area (Å²) in [5.74, 6) is 0.0699. The van der Waals surface area contributed by atoms with Gasteiger partial charge in [0.15, 0.2) is 6.61 Å². The van der Waals surface area contributed by atoms with E-state index in [0.717, 1.165) is 31.2 Å². The van der Waals surface area contributed by atoms with Gasteiger partial charge in [0.1, 0.15) is 11.8 Å². The van der Waals surface area contributed by atoms with Crippen molar-refractivity contribution in [3.8, 4) is 5.75 Å². The maximum atomic E-state index is 13.0. The third-order valence-electron chi connectivity index (χ3n) is 5.50. The highest BCUT2D eigenvalue weighted by atomic mass is 35.5. The molecule has 2 amide bonds. The van der Waals surface area contributed by atoms with Gasteiger partial charge in [-0.15, -0.1) is 0 Å². The maximum absolute atomic E-state index is 13.0. The molecule has 0 radical (unpaired) electrons. The Kier molecular flexibility index (Phi) is 8.14. The molecule has 1 fully saturated rings. The zero-order valence-electron chi connectivity index (χ0n) is 17.4. The summed E-state index contributed by atoms with van der Waals surface area (Å²) < 4.78 is 5.64. The Morgan fingerprint density at radius 2 is 1.73 bits per heavy atom. The van der Waals surface area contributed by atoms with Gasteiger partial charge >= 0.3 is 0 Å². The van der Waals surface area contributed by atoms with Crippen LogP contribution in [0.3, 0.4) is 0 Å². The van der Waals surface area contributed by atoms with Gasteiger partial charge in [-0.25, -0.2) is 0 Å². The van der Waals surface area contributed by atoms with E-state index >= 15 is 0 Å². The Hall–Kier alpha value is -2.53. The van der Waals surface area contributed by atoms with Crippen LogP contribution in [0.25, 0.3) is 0 Å². The summed E-state index contributed by atoms with van der Waals surface area (Å²) in [7, 11) is 0. The van der Waals surface area contributed by atoms with Crippen LogP contribution in [0, 0.1) is 0 Å². The number of carbonyl (C=O) groups is 2. The summed E-state index contributed by atoms with van der Waals surface area (Å²) in [4.78, 5) is 27.5. The molecule has 0 aliphatic heterocycles. The van der Waals surface area contributed by atoms with Crippen LogP contribution < -0.4 is 10.1 Å². The lowest BCUT2D eigenvalue weighted by molar-refractivity contribution is -0.142. The monoisotopic (exact) mass is 428 g/mol. The summed E-state index contributed by atoms with van der Waals surface area (Å²) in [5.41, 5.74) is 0.959. The minimum atomic E-state index is -0.602. The fourth-order valence-electron chi connectivity index (χ4n) is 3.72. The number of benzene rings is 2. The van der Waals surface area contributed by atoms with Gasteiger partial charge in [0.05, 0.1) is 5.02 Å². The Morgan fingerprint density at radius 3 is 2.43 bits per heavy atom. The van der Waals surface area contributed by atoms with Gasteiger partial charge in [0.25, 0.3) is 5.91 Å². The molecule has 0 bridgehead atoms. The third kappa shape index (κ3) is 6.23. The summed E-state index contributed by atoms with van der Waals surface area (Å²) in [5, 5.41) is 3.58. The highest BCUT2D eigenvalue weighted by Crippen LogP contribution is 2.23. The summed E-state index contributed by atoms with van der Waals surface area (Å²) >= 11 is 6.12. The first kappa shape index (κ1) is 22.2. The number of ether oxygens (including phenoxy) is 1. The van der Waals surface area contributed by atoms with Crippen molar-refractivity contribution in [2.24, 2.45) is 0 Å². The zero-order chi connectivity index (χ0) is 21.3. The fourth-order valence-corrected chi connectivity index (χ4v) is 3.91. The average Bonchev–Trinajstić information content (AvgIpc) is 2.77. The number of carbonyl (C=O) groups excluding carboxylic acids is 2. The van der Waals surface area contributed by atoms with Crippen LogP contribution in [0.1, 0.15) is 44.6 Å². The summed E-state index contributed by atoms with van der Waals surface area (Å²) in [6.07, 6.45) is 5.50. The van der Waals surface area contributed by atoms with Crippen molar-refractivity contribution in [3.05, 3.63) is 65.2 Å². The highest BCUT2D eigenvalue weighted by molar-refractivity contribution is 6.32. The lowest BCUT2D eigenvalue weighted by Crippen LogP contribution is -2.51. The largest absolute Gasteiger partial charge is 0.482 e. The molecule has 1 saturated carbocycles. The van der Waals surface area contributed by atoms with E-state index < -0.39 is 6.04 Å². The second-order valence-electron chi connectivity index (χ2n) is 7.75. The molecule has 2 aromatic carbocycles. The maximum Gasteiger partial charge on any atom is 0.261 e. The van der Waals surface area contributed by atoms with Gasteiger partial charge in [-0.2, -0.15) is 0 Å². The molecule has 1 N–H and O–H groups in total. The number of hydrogen-bond acceptors (Lipinski definition) is 3. The molecule has 0 unspecified atom stereocenters. The number of nitrogens with one attached hydrogen (secondary N) is 1. The standard InChI is InChI=1S/C24H29ClN2O3/c1-18(24(29)26-20-12-6-3-7-13-20)27(16-19-10-4-2-5-11-19)23(28)17-30-22-15-9-8-14-21(22)25/h2,4-5,8-11,14-15,18,20H,3,6-7,12-13,16-17H2,1H3,(H,26,29)/t18-/m0/s1. The number of para-hydroxylation sites is 1. The molecule has 1 aliphatic carbocycles. The molecule has 1 atom stereocenters. The molecular formula is C24H29ClN2O3. The Morgan fingerprint density at radius 1 is 1.07 bits per heavy atom. The molecule has 5 nitrogen and oxygen atoms in total. The van der Waals surface area contributed by atoms with E-state index in [2.05, 4.69) is 5.32 Å². The molecule has 0 heterocycles. The van der Waals surface area contributed by atoms with Gasteiger partial charge < -0.3 is 15.0 Å². The molecular weight excluding hydrogens is 400 g/mol. The predicted octanol–water partition coefficient (Wildman–Crippen LogP) is 4.59. The Labute approximate surface area is 183 Å². The second-order valence-corrected chi connectivity index (χ2v) is 8.15. The van der Waals surface area contributed by atoms with Crippen molar-refractivity contribution < 1.29 is 14.3 Å². The minimum absolute atomic E-state index is 0.121. The van der Waals surface area contributed by atoms with Crippen molar-refractivity contribution in [1.29, 1.82) is 0 Å². The Balaban J connectivity index is 1.69. The number of hydrogen-bond donors (Lipinski definition) is 1. The summed E-state index contributed by atoms with van der Waals surface area (Å²) in [6, 6.07) is 16.3. The molecule has 0 aromatic heterocycles. The lowest BCUT2D eigenvalue weighted by Gasteiger charge is -2.31. The highest BCUT2D eigenvalue weighted by Gasteiger charge is 2.28. The molecule has 6 heteroatoms. The van der Waals surface area contributed by atoms with Crippen LogP contribution in [-0.4, -0.2) is 35.4 Å². The first-order valence-electron chi connectivity index (χ1n) is 10.6. The van der Waals surface area contributed by atoms with E-state index in [-0.39, 0.29) is 24.5 Å². The molecule has 2 aromatic rings. The molecule has 160 valence electrons. The summed E-state index contributed by atoms with van der Waals surface area (Å²) in [6.45, 7) is 1.93. The van der Waals surface area contributed by atoms with E-state index in [0.29, 0.717) is 17.3 Å². The van der Waals surface area contributed by atoms with Crippen LogP contribution in [0.5, 0.6) is 5.75 Å². The molecule has 0 saturated heterocycles. The van der Waals surface area contributed by atoms with E-state index in [9.17, 15) is 9.59 Å². The number of amides is 2. The number of rotatable bonds is 8. The lowest BCUT2D eigenvalue weighted by atomic mass is 9.95. The van der Waals surface area contributed by atoms with Gasteiger partial charge in [-0.05, 0) is 37.5 Å². The predicted molar refractivity (Wildman–Crippen MR) is 118 cm³/mol. The quantitative estimate of drug-likeness (QED) is 0.669. The number of nitrogens with zero attached hydrogens (tertiary/aromatic N) is 1. The van der Waals surface area contributed by atoms with E-state index in [4.69, 9.17) is 16.3 Å². The molecule has 0 spiro atoms. The first-order chi connectivity index (χ1) is 14.5. The smallest absolute Gasteiger partial charge is 0.261 e. The van der Waals surface area contributed by atoms with E-state index in [1.54, 1.807) is 36.1 Å². The van der Waals surface area contributed by atoms with Crippen molar-refractivity contribution in [2.75, 3.05) is 6.61 Å². The van der Waals surface area contributed by atoms with E-state index in [1.165, 1.54) is 6.42 Å². The average molecular weight is 429 g/mol. The Bertz CT molecular complexity index is 837. The van der Waals surface area contributed by atoms with Crippen LogP contribution in [0.2, 0.25) is 5.02 Å². The molecule has 1 aliphatic rings. The van der Waals surface area contributed by atoms with Crippen molar-refractivity contribution in [2.45, 2.75) is 57.7 Å². The van der Waals surface area contributed by atoms with Gasteiger partial charge in [0.2, 0.25) is 5.91 Å². The topological polar surface area (TPSA) is 58.6 Å². The fraction of sp³-hybridized carbons (Fsp3) is 0.417. The van der Waals surface area contributed by atoms with Crippen molar-refractivity contribution in [3.63, 3.8) is 0 Å². The van der Waals surface area contributed by atoms with Crippen LogP contribution in [0.15, 0.2) is 54.6 Å². The van der Waals surface area contributed by atoms with Crippen LogP contribution in [0.4, 0.5) is 0 Å². The SMILES string of the molecule is C[C@@H](C(=O)NC1CCCCC1)N(Cc1ccccc1)C(=O)COc1ccccc1Cl. The van der Waals surface area contributed by atoms with Gasteiger partial charge in [-0.3, -0.25) is 9.59 Å². The molecule has 30 heavy (non-hydrogen) atoms. The first-order valence-corrected chi connectivity index (χ1v) is 10.9. The van der Waals surface area contributed by atoms with Crippen molar-refractivity contribution >= 4 is 23.4 Å². The van der Waals surface area contributed by atoms with E-state index in [1.807, 2.05) is 30.3 Å². The normalized spacial score (nSPS) is 15.3. The second kappa shape index (κ2) is 11.0. The van der Waals surface area contributed by atoms with Crippen LogP contribution >= 0.6 is 11.6 Å². The number of halogens is 1. The molecule has 3 rings (SSSR count). The van der Waals surface area contributed by atoms with Crippen molar-refractivity contribution in [1.82, 2.24) is 10.2 Å². The third-order valence-corrected chi connectivity index (χ3v) is 5.81. The minimum Gasteiger partial charge on any atom is -0.482 e.